The zero-order chi connectivity index (χ0) is 16.4. The first-order chi connectivity index (χ1) is 11.1. The number of fused-ring (bicyclic) bond motifs is 1. The first kappa shape index (κ1) is 15.6. The van der Waals surface area contributed by atoms with Crippen molar-refractivity contribution in [1.82, 2.24) is 19.4 Å². The molecule has 2 aromatic rings. The third kappa shape index (κ3) is 2.50. The number of hydrogen-bond donors (Lipinski definition) is 2. The second-order valence-corrected chi connectivity index (χ2v) is 6.13. The summed E-state index contributed by atoms with van der Waals surface area (Å²) in [5.41, 5.74) is -0.294. The third-order valence-corrected chi connectivity index (χ3v) is 4.81. The van der Waals surface area contributed by atoms with E-state index in [0.717, 1.165) is 38.5 Å². The van der Waals surface area contributed by atoms with E-state index < -0.39 is 11.8 Å². The fourth-order valence-electron chi connectivity index (χ4n) is 3.68. The Labute approximate surface area is 133 Å². The topological polar surface area (TPSA) is 91.2 Å². The Morgan fingerprint density at radius 3 is 3.04 bits per heavy atom. The molecule has 1 unspecified atom stereocenters. The summed E-state index contributed by atoms with van der Waals surface area (Å²) in [5, 5.41) is 10.2. The average molecular weight is 318 g/mol. The van der Waals surface area contributed by atoms with Gasteiger partial charge in [0.2, 0.25) is 0 Å². The largest absolute Gasteiger partial charge is 0.465 e. The minimum Gasteiger partial charge on any atom is -0.465 e. The van der Waals surface area contributed by atoms with Crippen LogP contribution in [-0.2, 0) is 5.66 Å². The van der Waals surface area contributed by atoms with Gasteiger partial charge in [0.05, 0.1) is 11.7 Å². The van der Waals surface area contributed by atoms with Crippen LogP contribution in [0.1, 0.15) is 45.4 Å². The molecule has 2 N–H and O–H groups in total. The molecule has 1 saturated heterocycles. The fraction of sp³-hybridized carbons (Fsp3) is 0.562. The molecule has 1 aliphatic heterocycles. The number of aromatic nitrogens is 3. The van der Waals surface area contributed by atoms with Crippen LogP contribution in [0.15, 0.2) is 23.4 Å². The van der Waals surface area contributed by atoms with Crippen molar-refractivity contribution in [3.63, 3.8) is 0 Å². The summed E-state index contributed by atoms with van der Waals surface area (Å²) < 4.78 is 1.90. The van der Waals surface area contributed by atoms with Gasteiger partial charge in [-0.2, -0.15) is 0 Å². The van der Waals surface area contributed by atoms with Crippen LogP contribution >= 0.6 is 0 Å². The number of amides is 1. The van der Waals surface area contributed by atoms with Crippen molar-refractivity contribution in [3.05, 3.63) is 28.9 Å². The highest BCUT2D eigenvalue weighted by atomic mass is 16.4. The van der Waals surface area contributed by atoms with Crippen LogP contribution in [0.25, 0.3) is 11.0 Å². The van der Waals surface area contributed by atoms with E-state index in [-0.39, 0.29) is 5.56 Å². The van der Waals surface area contributed by atoms with Crippen LogP contribution in [0.2, 0.25) is 0 Å². The number of nitrogens with zero attached hydrogens (tertiary/aromatic N) is 3. The van der Waals surface area contributed by atoms with Gasteiger partial charge in [0.25, 0.3) is 5.56 Å². The molecule has 124 valence electrons. The minimum atomic E-state index is -0.910. The minimum absolute atomic E-state index is 0.197. The van der Waals surface area contributed by atoms with Gasteiger partial charge in [-0.1, -0.05) is 13.3 Å². The van der Waals surface area contributed by atoms with Crippen molar-refractivity contribution in [2.45, 2.75) is 51.1 Å². The second kappa shape index (κ2) is 6.06. The first-order valence-electron chi connectivity index (χ1n) is 8.16. The summed E-state index contributed by atoms with van der Waals surface area (Å²) >= 11 is 0. The maximum Gasteiger partial charge on any atom is 0.409 e. The fourth-order valence-corrected chi connectivity index (χ4v) is 3.68. The van der Waals surface area contributed by atoms with Crippen LogP contribution in [0.4, 0.5) is 4.79 Å². The lowest BCUT2D eigenvalue weighted by Crippen LogP contribution is -2.55. The van der Waals surface area contributed by atoms with Gasteiger partial charge in [0, 0.05) is 12.7 Å². The molecule has 0 spiro atoms. The monoisotopic (exact) mass is 318 g/mol. The molecule has 1 amide bonds. The SMILES string of the molecule is CCCCC1(n2ccc3c(=O)[nH]cnc32)CCCCN1C(=O)O. The first-order valence-corrected chi connectivity index (χ1v) is 8.16. The number of hydrogen-bond acceptors (Lipinski definition) is 3. The molecule has 0 radical (unpaired) electrons. The molecular formula is C16H22N4O3. The van der Waals surface area contributed by atoms with Gasteiger partial charge in [0.1, 0.15) is 11.3 Å². The molecule has 3 rings (SSSR count). The maximum atomic E-state index is 12.0. The number of carboxylic acid groups (broad SMARTS) is 1. The van der Waals surface area contributed by atoms with E-state index in [4.69, 9.17) is 0 Å². The number of aromatic amines is 1. The number of nitrogens with one attached hydrogen (secondary N) is 1. The second-order valence-electron chi connectivity index (χ2n) is 6.13. The van der Waals surface area contributed by atoms with Gasteiger partial charge in [-0.05, 0) is 38.2 Å². The molecule has 7 nitrogen and oxygen atoms in total. The summed E-state index contributed by atoms with van der Waals surface area (Å²) in [7, 11) is 0. The normalized spacial score (nSPS) is 21.7. The Morgan fingerprint density at radius 1 is 1.48 bits per heavy atom. The molecule has 0 aliphatic carbocycles. The number of rotatable bonds is 4. The lowest BCUT2D eigenvalue weighted by atomic mass is 9.90. The lowest BCUT2D eigenvalue weighted by Gasteiger charge is -2.47. The summed E-state index contributed by atoms with van der Waals surface area (Å²) in [5.74, 6) is 0. The molecule has 1 fully saturated rings. The molecule has 2 aromatic heterocycles. The van der Waals surface area contributed by atoms with Gasteiger partial charge in [0.15, 0.2) is 0 Å². The number of unbranched alkanes of at least 4 members (excludes halogenated alkanes) is 1. The van der Waals surface area contributed by atoms with E-state index >= 15 is 0 Å². The highest BCUT2D eigenvalue weighted by Gasteiger charge is 2.43. The molecule has 0 saturated carbocycles. The van der Waals surface area contributed by atoms with Gasteiger partial charge >= 0.3 is 6.09 Å². The van der Waals surface area contributed by atoms with Crippen molar-refractivity contribution >= 4 is 17.1 Å². The summed E-state index contributed by atoms with van der Waals surface area (Å²) in [6.45, 7) is 2.61. The van der Waals surface area contributed by atoms with Crippen LogP contribution < -0.4 is 5.56 Å². The lowest BCUT2D eigenvalue weighted by molar-refractivity contribution is -0.0108. The Balaban J connectivity index is 2.19. The van der Waals surface area contributed by atoms with Gasteiger partial charge in [-0.25, -0.2) is 9.78 Å². The van der Waals surface area contributed by atoms with E-state index in [9.17, 15) is 14.7 Å². The third-order valence-electron chi connectivity index (χ3n) is 4.81. The van der Waals surface area contributed by atoms with E-state index in [1.165, 1.54) is 11.2 Å². The van der Waals surface area contributed by atoms with Crippen molar-refractivity contribution in [2.75, 3.05) is 6.54 Å². The van der Waals surface area contributed by atoms with Crippen LogP contribution in [-0.4, -0.2) is 37.2 Å². The van der Waals surface area contributed by atoms with E-state index in [2.05, 4.69) is 16.9 Å². The van der Waals surface area contributed by atoms with Crippen molar-refractivity contribution in [2.24, 2.45) is 0 Å². The molecule has 7 heteroatoms. The van der Waals surface area contributed by atoms with Crippen molar-refractivity contribution < 1.29 is 9.90 Å². The number of carbonyl (C=O) groups is 1. The number of H-pyrrole nitrogens is 1. The molecule has 3 heterocycles. The predicted octanol–water partition coefficient (Wildman–Crippen LogP) is 2.73. The molecule has 1 aliphatic rings. The summed E-state index contributed by atoms with van der Waals surface area (Å²) in [6.07, 6.45) is 7.50. The quantitative estimate of drug-likeness (QED) is 0.906. The predicted molar refractivity (Wildman–Crippen MR) is 86.4 cm³/mol. The molecule has 0 bridgehead atoms. The van der Waals surface area contributed by atoms with Gasteiger partial charge in [-0.3, -0.25) is 9.69 Å². The highest BCUT2D eigenvalue weighted by Crippen LogP contribution is 2.39. The maximum absolute atomic E-state index is 12.0. The van der Waals surface area contributed by atoms with Crippen LogP contribution in [0, 0.1) is 0 Å². The molecule has 1 atom stereocenters. The van der Waals surface area contributed by atoms with Crippen LogP contribution in [0.3, 0.4) is 0 Å². The van der Waals surface area contributed by atoms with E-state index in [1.807, 2.05) is 10.8 Å². The number of piperidine rings is 1. The molecule has 0 aromatic carbocycles. The van der Waals surface area contributed by atoms with Crippen molar-refractivity contribution in [1.29, 1.82) is 0 Å². The molecule has 23 heavy (non-hydrogen) atoms. The van der Waals surface area contributed by atoms with Crippen molar-refractivity contribution in [3.8, 4) is 0 Å². The Bertz CT molecular complexity index is 766. The Hall–Kier alpha value is -2.31. The number of likely N-dealkylation sites (tertiary alicyclic amines) is 1. The summed E-state index contributed by atoms with van der Waals surface area (Å²) in [4.78, 5) is 32.2. The Kier molecular flexibility index (Phi) is 4.11. The Morgan fingerprint density at radius 2 is 2.30 bits per heavy atom. The van der Waals surface area contributed by atoms with Gasteiger partial charge in [-0.15, -0.1) is 0 Å². The highest BCUT2D eigenvalue weighted by molar-refractivity contribution is 5.75. The smallest absolute Gasteiger partial charge is 0.409 e. The average Bonchev–Trinajstić information content (AvgIpc) is 2.99. The standard InChI is InChI=1S/C16H22N4O3/c1-2-3-7-16(8-4-5-9-20(16)15(22)23)19-10-6-12-13(19)17-11-18-14(12)21/h6,10-11H,2-5,7-9H2,1H3,(H,22,23)(H,17,18,21). The molecular weight excluding hydrogens is 296 g/mol. The van der Waals surface area contributed by atoms with Crippen LogP contribution in [0.5, 0.6) is 0 Å². The van der Waals surface area contributed by atoms with Gasteiger partial charge < -0.3 is 14.7 Å². The zero-order valence-electron chi connectivity index (χ0n) is 13.3. The van der Waals surface area contributed by atoms with E-state index in [1.54, 1.807) is 6.07 Å². The summed E-state index contributed by atoms with van der Waals surface area (Å²) in [6, 6.07) is 1.73. The zero-order valence-corrected chi connectivity index (χ0v) is 13.3. The van der Waals surface area contributed by atoms with E-state index in [0.29, 0.717) is 17.6 Å².